The summed E-state index contributed by atoms with van der Waals surface area (Å²) in [5, 5.41) is 10.9. The van der Waals surface area contributed by atoms with Gasteiger partial charge in [0.15, 0.2) is 0 Å². The average molecular weight is 1220 g/mol. The van der Waals surface area contributed by atoms with Crippen molar-refractivity contribution in [3.05, 3.63) is 12.2 Å². The number of rotatable bonds is 76. The van der Waals surface area contributed by atoms with E-state index in [9.17, 15) is 14.7 Å². The molecule has 0 aliphatic rings. The standard InChI is InChI=1S/C83H162O4/c1-6-8-10-12-14-16-18-20-22-24-25-26-27-33-39-45-51-57-63-69-75-80(83(86)87-5)82(85)77-71-65-59-53-47-41-35-29-31-37-43-49-55-61-67-73-78(3)72-66-60-54-48-42-36-30-28-34-40-46-52-58-64-70-76-81(84)79(4)74-68-62-56-50-44-38-32-23-21-19-17-15-13-11-9-7-2/h66,72,78-80,82,85H,6-65,67-71,73-77H2,1-5H3/b72-66+/t78-,79+,80-,82-/m1/s1. The highest BCUT2D eigenvalue weighted by atomic mass is 16.5. The molecule has 0 aromatic rings. The van der Waals surface area contributed by atoms with Crippen LogP contribution in [0.3, 0.4) is 0 Å². The molecule has 0 aromatic heterocycles. The molecule has 0 aliphatic carbocycles. The molecule has 0 fully saturated rings. The van der Waals surface area contributed by atoms with Crippen molar-refractivity contribution in [3.63, 3.8) is 0 Å². The minimum atomic E-state index is -0.559. The zero-order chi connectivity index (χ0) is 63.1. The number of carbonyl (C=O) groups is 2. The molecular weight excluding hydrogens is 1060 g/mol. The summed E-state index contributed by atoms with van der Waals surface area (Å²) in [5.74, 6) is 0.973. The lowest BCUT2D eigenvalue weighted by Gasteiger charge is -2.20. The third-order valence-corrected chi connectivity index (χ3v) is 20.3. The normalized spacial score (nSPS) is 13.3. The Labute approximate surface area is 548 Å². The van der Waals surface area contributed by atoms with E-state index in [4.69, 9.17) is 4.74 Å². The van der Waals surface area contributed by atoms with E-state index in [1.165, 1.54) is 399 Å². The monoisotopic (exact) mass is 1220 g/mol. The largest absolute Gasteiger partial charge is 0.469 e. The second kappa shape index (κ2) is 73.9. The molecule has 0 radical (unpaired) electrons. The van der Waals surface area contributed by atoms with E-state index in [-0.39, 0.29) is 17.8 Å². The maximum atomic E-state index is 12.7. The molecule has 0 aromatic carbocycles. The van der Waals surface area contributed by atoms with Crippen LogP contribution in [0, 0.1) is 17.8 Å². The van der Waals surface area contributed by atoms with Crippen molar-refractivity contribution in [1.29, 1.82) is 0 Å². The third-order valence-electron chi connectivity index (χ3n) is 20.3. The predicted octanol–water partition coefficient (Wildman–Crippen LogP) is 28.9. The van der Waals surface area contributed by atoms with Gasteiger partial charge in [-0.15, -0.1) is 0 Å². The van der Waals surface area contributed by atoms with Crippen LogP contribution in [-0.2, 0) is 14.3 Å². The molecule has 0 saturated carbocycles. The number of methoxy groups -OCH3 is 1. The highest BCUT2D eigenvalue weighted by Gasteiger charge is 2.27. The minimum Gasteiger partial charge on any atom is -0.469 e. The van der Waals surface area contributed by atoms with Crippen LogP contribution < -0.4 is 0 Å². The first-order valence-corrected chi connectivity index (χ1v) is 40.8. The van der Waals surface area contributed by atoms with Crippen LogP contribution in [-0.4, -0.2) is 30.1 Å². The molecule has 4 heteroatoms. The van der Waals surface area contributed by atoms with Crippen LogP contribution in [0.25, 0.3) is 0 Å². The number of hydrogen-bond donors (Lipinski definition) is 1. The number of aliphatic hydroxyl groups excluding tert-OH is 1. The molecule has 87 heavy (non-hydrogen) atoms. The zero-order valence-electron chi connectivity index (χ0n) is 60.6. The number of unbranched alkanes of at least 4 members (excludes halogenated alkanes) is 61. The number of ether oxygens (including phenoxy) is 1. The first-order chi connectivity index (χ1) is 42.9. The van der Waals surface area contributed by atoms with Crippen LogP contribution in [0.15, 0.2) is 12.2 Å². The Hall–Kier alpha value is -1.16. The van der Waals surface area contributed by atoms with Crippen molar-refractivity contribution in [2.45, 2.75) is 483 Å². The van der Waals surface area contributed by atoms with E-state index < -0.39 is 6.10 Å². The molecule has 0 spiro atoms. The maximum absolute atomic E-state index is 12.7. The van der Waals surface area contributed by atoms with Crippen LogP contribution >= 0.6 is 0 Å². The van der Waals surface area contributed by atoms with E-state index in [0.717, 1.165) is 63.7 Å². The zero-order valence-corrected chi connectivity index (χ0v) is 60.6. The summed E-state index contributed by atoms with van der Waals surface area (Å²) >= 11 is 0. The second-order valence-corrected chi connectivity index (χ2v) is 29.1. The quantitative estimate of drug-likeness (QED) is 0.0374. The molecule has 0 bridgehead atoms. The van der Waals surface area contributed by atoms with Gasteiger partial charge in [-0.3, -0.25) is 9.59 Å². The molecule has 0 saturated heterocycles. The van der Waals surface area contributed by atoms with Gasteiger partial charge in [0.1, 0.15) is 5.78 Å². The van der Waals surface area contributed by atoms with Crippen molar-refractivity contribution in [2.24, 2.45) is 17.8 Å². The molecule has 1 N–H and O–H groups in total. The summed E-state index contributed by atoms with van der Waals surface area (Å²) in [4.78, 5) is 25.2. The smallest absolute Gasteiger partial charge is 0.311 e. The molecule has 518 valence electrons. The first-order valence-electron chi connectivity index (χ1n) is 40.8. The molecule has 0 rings (SSSR count). The summed E-state index contributed by atoms with van der Waals surface area (Å²) in [5.41, 5.74) is 0. The Kier molecular flexibility index (Phi) is 72.9. The fourth-order valence-corrected chi connectivity index (χ4v) is 13.9. The van der Waals surface area contributed by atoms with Crippen molar-refractivity contribution < 1.29 is 19.4 Å². The summed E-state index contributed by atoms with van der Waals surface area (Å²) < 4.78 is 5.12. The van der Waals surface area contributed by atoms with E-state index >= 15 is 0 Å². The Balaban J connectivity index is 3.48. The molecule has 4 nitrogen and oxygen atoms in total. The van der Waals surface area contributed by atoms with E-state index in [1.807, 2.05) is 0 Å². The minimum absolute atomic E-state index is 0.216. The molecule has 0 amide bonds. The van der Waals surface area contributed by atoms with Crippen molar-refractivity contribution in [1.82, 2.24) is 0 Å². The Morgan fingerprint density at radius 3 is 0.851 bits per heavy atom. The predicted molar refractivity (Wildman–Crippen MR) is 389 cm³/mol. The maximum Gasteiger partial charge on any atom is 0.311 e. The lowest BCUT2D eigenvalue weighted by atomic mass is 9.91. The average Bonchev–Trinajstić information content (AvgIpc) is 3.56. The van der Waals surface area contributed by atoms with Gasteiger partial charge >= 0.3 is 5.97 Å². The topological polar surface area (TPSA) is 63.6 Å². The number of Topliss-reactive ketones (excluding diaryl/α,β-unsaturated/α-hetero) is 1. The van der Waals surface area contributed by atoms with Gasteiger partial charge < -0.3 is 9.84 Å². The fourth-order valence-electron chi connectivity index (χ4n) is 13.9. The molecule has 0 aliphatic heterocycles. The van der Waals surface area contributed by atoms with Gasteiger partial charge in [0.05, 0.1) is 19.1 Å². The number of hydrogen-bond acceptors (Lipinski definition) is 4. The number of ketones is 1. The van der Waals surface area contributed by atoms with Crippen LogP contribution in [0.1, 0.15) is 477 Å². The molecule has 4 atom stereocenters. The van der Waals surface area contributed by atoms with Gasteiger partial charge in [0, 0.05) is 12.3 Å². The van der Waals surface area contributed by atoms with Crippen molar-refractivity contribution in [3.8, 4) is 0 Å². The highest BCUT2D eigenvalue weighted by molar-refractivity contribution is 5.80. The van der Waals surface area contributed by atoms with Gasteiger partial charge in [0.25, 0.3) is 0 Å². The fraction of sp³-hybridized carbons (Fsp3) is 0.952. The third kappa shape index (κ3) is 67.5. The number of esters is 1. The summed E-state index contributed by atoms with van der Waals surface area (Å²) in [7, 11) is 1.48. The Bertz CT molecular complexity index is 1340. The van der Waals surface area contributed by atoms with Gasteiger partial charge in [-0.2, -0.15) is 0 Å². The Morgan fingerprint density at radius 1 is 0.310 bits per heavy atom. The first kappa shape index (κ1) is 85.8. The van der Waals surface area contributed by atoms with E-state index in [1.54, 1.807) is 0 Å². The SMILES string of the molecule is CCCCCCCCCCCCCCCCCCCCCC[C@@H](C(=O)OC)[C@H](O)CCCCCCCCCCCCCCCCC[C@H](C)/C=C/CCCCCCCCCCCCCCCC(=O)[C@@H](C)CCCCCCCCCCCCCCCCCC. The molecular formula is C83H162O4. The second-order valence-electron chi connectivity index (χ2n) is 29.1. The van der Waals surface area contributed by atoms with Crippen LogP contribution in [0.2, 0.25) is 0 Å². The number of carbonyl (C=O) groups excluding carboxylic acids is 2. The van der Waals surface area contributed by atoms with E-state index in [2.05, 4.69) is 39.8 Å². The summed E-state index contributed by atoms with van der Waals surface area (Å²) in [6.45, 7) is 9.21. The van der Waals surface area contributed by atoms with Crippen LogP contribution in [0.5, 0.6) is 0 Å². The van der Waals surface area contributed by atoms with Crippen LogP contribution in [0.4, 0.5) is 0 Å². The number of allylic oxidation sites excluding steroid dienone is 2. The Morgan fingerprint density at radius 2 is 0.552 bits per heavy atom. The summed E-state index contributed by atoms with van der Waals surface area (Å²) in [6.07, 6.45) is 98.2. The van der Waals surface area contributed by atoms with Crippen molar-refractivity contribution >= 4 is 11.8 Å². The van der Waals surface area contributed by atoms with Gasteiger partial charge in [-0.1, -0.05) is 438 Å². The van der Waals surface area contributed by atoms with Gasteiger partial charge in [-0.05, 0) is 50.9 Å². The summed E-state index contributed by atoms with van der Waals surface area (Å²) in [6, 6.07) is 0. The van der Waals surface area contributed by atoms with E-state index in [0.29, 0.717) is 5.78 Å². The lowest BCUT2D eigenvalue weighted by molar-refractivity contribution is -0.150. The van der Waals surface area contributed by atoms with Crippen molar-refractivity contribution in [2.75, 3.05) is 7.11 Å². The lowest BCUT2D eigenvalue weighted by Crippen LogP contribution is -2.29. The highest BCUT2D eigenvalue weighted by Crippen LogP contribution is 2.24. The number of aliphatic hydroxyl groups is 1. The van der Waals surface area contributed by atoms with Gasteiger partial charge in [-0.25, -0.2) is 0 Å². The van der Waals surface area contributed by atoms with Gasteiger partial charge in [0.2, 0.25) is 0 Å². The molecule has 0 unspecified atom stereocenters. The molecule has 0 heterocycles.